The molecule has 4 nitrogen and oxygen atoms in total. The lowest BCUT2D eigenvalue weighted by Crippen LogP contribution is -2.42. The molecule has 1 aromatic carbocycles. The van der Waals surface area contributed by atoms with Gasteiger partial charge in [0.15, 0.2) is 6.10 Å². The minimum atomic E-state index is -0.811. The number of carbonyl (C=O) groups excluding carboxylic acids is 2. The molecule has 1 atom stereocenters. The SMILES string of the molecule is C[C@@H](OC(=O)c1ccc(Cl)s1)C(=O)N1CCc2ccccc2C1. The Bertz CT molecular complexity index is 743. The molecule has 3 rings (SSSR count). The summed E-state index contributed by atoms with van der Waals surface area (Å²) in [6, 6.07) is 11.3. The first-order chi connectivity index (χ1) is 11.0. The van der Waals surface area contributed by atoms with E-state index < -0.39 is 12.1 Å². The number of halogens is 1. The largest absolute Gasteiger partial charge is 0.448 e. The number of benzene rings is 1. The predicted molar refractivity (Wildman–Crippen MR) is 89.8 cm³/mol. The molecule has 1 aromatic heterocycles. The molecule has 0 spiro atoms. The number of rotatable bonds is 3. The first-order valence-electron chi connectivity index (χ1n) is 7.36. The van der Waals surface area contributed by atoms with Crippen LogP contribution in [0.3, 0.4) is 0 Å². The molecule has 0 unspecified atom stereocenters. The number of fused-ring (bicyclic) bond motifs is 1. The Balaban J connectivity index is 1.63. The van der Waals surface area contributed by atoms with Crippen LogP contribution in [0.5, 0.6) is 0 Å². The van der Waals surface area contributed by atoms with Crippen molar-refractivity contribution in [1.29, 1.82) is 0 Å². The van der Waals surface area contributed by atoms with Crippen LogP contribution in [-0.4, -0.2) is 29.4 Å². The number of thiophene rings is 1. The van der Waals surface area contributed by atoms with Gasteiger partial charge < -0.3 is 9.64 Å². The number of carbonyl (C=O) groups is 2. The maximum absolute atomic E-state index is 12.5. The Labute approximate surface area is 143 Å². The Kier molecular flexibility index (Phi) is 4.68. The zero-order chi connectivity index (χ0) is 16.4. The van der Waals surface area contributed by atoms with E-state index in [0.29, 0.717) is 22.3 Å². The van der Waals surface area contributed by atoms with Crippen LogP contribution < -0.4 is 0 Å². The summed E-state index contributed by atoms with van der Waals surface area (Å²) < 4.78 is 5.79. The highest BCUT2D eigenvalue weighted by atomic mass is 35.5. The third-order valence-corrected chi connectivity index (χ3v) is 5.06. The predicted octanol–water partition coefficient (Wildman–Crippen LogP) is 3.53. The van der Waals surface area contributed by atoms with Crippen molar-refractivity contribution in [3.63, 3.8) is 0 Å². The summed E-state index contributed by atoms with van der Waals surface area (Å²) in [6.45, 7) is 2.81. The first kappa shape index (κ1) is 16.0. The van der Waals surface area contributed by atoms with E-state index in [0.717, 1.165) is 23.3 Å². The maximum Gasteiger partial charge on any atom is 0.349 e. The summed E-state index contributed by atoms with van der Waals surface area (Å²) in [5, 5.41) is 0. The van der Waals surface area contributed by atoms with Crippen molar-refractivity contribution in [2.24, 2.45) is 0 Å². The average molecular weight is 350 g/mol. The number of nitrogens with zero attached hydrogens (tertiary/aromatic N) is 1. The van der Waals surface area contributed by atoms with Crippen LogP contribution in [0.4, 0.5) is 0 Å². The Morgan fingerprint density at radius 1 is 1.22 bits per heavy atom. The molecule has 0 saturated carbocycles. The highest BCUT2D eigenvalue weighted by molar-refractivity contribution is 7.17. The van der Waals surface area contributed by atoms with Gasteiger partial charge in [0.1, 0.15) is 4.88 Å². The number of hydrogen-bond donors (Lipinski definition) is 0. The second-order valence-corrected chi connectivity index (χ2v) is 7.14. The topological polar surface area (TPSA) is 46.6 Å². The van der Waals surface area contributed by atoms with Crippen LogP contribution in [0.2, 0.25) is 4.34 Å². The molecule has 0 N–H and O–H groups in total. The summed E-state index contributed by atoms with van der Waals surface area (Å²) in [4.78, 5) is 26.7. The molecule has 6 heteroatoms. The molecule has 120 valence electrons. The normalized spacial score (nSPS) is 15.0. The van der Waals surface area contributed by atoms with E-state index in [1.165, 1.54) is 5.56 Å². The highest BCUT2D eigenvalue weighted by Crippen LogP contribution is 2.23. The molecule has 2 heterocycles. The lowest BCUT2D eigenvalue weighted by Gasteiger charge is -2.30. The molecular weight excluding hydrogens is 334 g/mol. The second kappa shape index (κ2) is 6.72. The Morgan fingerprint density at radius 3 is 2.65 bits per heavy atom. The van der Waals surface area contributed by atoms with Crippen molar-refractivity contribution in [3.8, 4) is 0 Å². The zero-order valence-electron chi connectivity index (χ0n) is 12.6. The van der Waals surface area contributed by atoms with Crippen molar-refractivity contribution in [1.82, 2.24) is 4.90 Å². The number of esters is 1. The third-order valence-electron chi connectivity index (χ3n) is 3.85. The van der Waals surface area contributed by atoms with Gasteiger partial charge in [0.25, 0.3) is 5.91 Å². The number of hydrogen-bond acceptors (Lipinski definition) is 4. The molecular formula is C17H16ClNO3S. The Hall–Kier alpha value is -1.85. The summed E-state index contributed by atoms with van der Waals surface area (Å²) in [5.74, 6) is -0.685. The van der Waals surface area contributed by atoms with Crippen LogP contribution in [0.1, 0.15) is 27.7 Å². The lowest BCUT2D eigenvalue weighted by atomic mass is 9.99. The maximum atomic E-state index is 12.5. The van der Waals surface area contributed by atoms with E-state index in [4.69, 9.17) is 16.3 Å². The molecule has 0 fully saturated rings. The monoisotopic (exact) mass is 349 g/mol. The molecule has 1 aliphatic rings. The van der Waals surface area contributed by atoms with Crippen LogP contribution in [0.15, 0.2) is 36.4 Å². The van der Waals surface area contributed by atoms with Crippen LogP contribution in [0.25, 0.3) is 0 Å². The zero-order valence-corrected chi connectivity index (χ0v) is 14.2. The summed E-state index contributed by atoms with van der Waals surface area (Å²) in [6.07, 6.45) is 0.0111. The second-order valence-electron chi connectivity index (χ2n) is 5.43. The molecule has 0 bridgehead atoms. The standard InChI is InChI=1S/C17H16ClNO3S/c1-11(22-17(21)14-6-7-15(18)23-14)16(20)19-9-8-12-4-2-3-5-13(12)10-19/h2-7,11H,8-10H2,1H3/t11-/m1/s1. The molecule has 1 aliphatic heterocycles. The fraction of sp³-hybridized carbons (Fsp3) is 0.294. The molecule has 0 aliphatic carbocycles. The van der Waals surface area contributed by atoms with E-state index in [2.05, 4.69) is 6.07 Å². The average Bonchev–Trinajstić information content (AvgIpc) is 3.00. The molecule has 2 aromatic rings. The highest BCUT2D eigenvalue weighted by Gasteiger charge is 2.27. The van der Waals surface area contributed by atoms with Crippen molar-refractivity contribution < 1.29 is 14.3 Å². The van der Waals surface area contributed by atoms with Gasteiger partial charge in [-0.1, -0.05) is 35.9 Å². The molecule has 23 heavy (non-hydrogen) atoms. The van der Waals surface area contributed by atoms with Gasteiger partial charge in [-0.3, -0.25) is 4.79 Å². The van der Waals surface area contributed by atoms with Crippen molar-refractivity contribution >= 4 is 34.8 Å². The van der Waals surface area contributed by atoms with Gasteiger partial charge in [-0.15, -0.1) is 11.3 Å². The van der Waals surface area contributed by atoms with E-state index in [1.54, 1.807) is 24.0 Å². The van der Waals surface area contributed by atoms with Gasteiger partial charge in [0.05, 0.1) is 4.34 Å². The van der Waals surface area contributed by atoms with E-state index in [-0.39, 0.29) is 5.91 Å². The van der Waals surface area contributed by atoms with Crippen LogP contribution in [0, 0.1) is 0 Å². The third kappa shape index (κ3) is 3.57. The smallest absolute Gasteiger partial charge is 0.349 e. The van der Waals surface area contributed by atoms with Gasteiger partial charge in [0, 0.05) is 13.1 Å². The van der Waals surface area contributed by atoms with Crippen molar-refractivity contribution in [2.45, 2.75) is 26.0 Å². The van der Waals surface area contributed by atoms with E-state index in [1.807, 2.05) is 18.2 Å². The minimum Gasteiger partial charge on any atom is -0.448 e. The van der Waals surface area contributed by atoms with E-state index >= 15 is 0 Å². The Morgan fingerprint density at radius 2 is 1.96 bits per heavy atom. The number of amides is 1. The first-order valence-corrected chi connectivity index (χ1v) is 8.56. The molecule has 0 radical (unpaired) electrons. The van der Waals surface area contributed by atoms with Gasteiger partial charge in [-0.05, 0) is 36.6 Å². The molecule has 0 saturated heterocycles. The van der Waals surface area contributed by atoms with Crippen LogP contribution in [-0.2, 0) is 22.5 Å². The summed E-state index contributed by atoms with van der Waals surface area (Å²) in [7, 11) is 0. The number of ether oxygens (including phenoxy) is 1. The summed E-state index contributed by atoms with van der Waals surface area (Å²) >= 11 is 6.95. The van der Waals surface area contributed by atoms with Crippen molar-refractivity contribution in [2.75, 3.05) is 6.54 Å². The lowest BCUT2D eigenvalue weighted by molar-refractivity contribution is -0.140. The summed E-state index contributed by atoms with van der Waals surface area (Å²) in [5.41, 5.74) is 2.42. The van der Waals surface area contributed by atoms with Gasteiger partial charge in [0.2, 0.25) is 0 Å². The molecule has 1 amide bonds. The van der Waals surface area contributed by atoms with Gasteiger partial charge in [-0.25, -0.2) is 4.79 Å². The van der Waals surface area contributed by atoms with Crippen molar-refractivity contribution in [3.05, 3.63) is 56.7 Å². The quantitative estimate of drug-likeness (QED) is 0.796. The van der Waals surface area contributed by atoms with E-state index in [9.17, 15) is 9.59 Å². The van der Waals surface area contributed by atoms with Crippen LogP contribution >= 0.6 is 22.9 Å². The fourth-order valence-electron chi connectivity index (χ4n) is 2.63. The van der Waals surface area contributed by atoms with Gasteiger partial charge in [-0.2, -0.15) is 0 Å². The van der Waals surface area contributed by atoms with Gasteiger partial charge >= 0.3 is 5.97 Å². The fourth-order valence-corrected chi connectivity index (χ4v) is 3.56. The minimum absolute atomic E-state index is 0.171.